The Kier molecular flexibility index (Phi) is 6.29. The summed E-state index contributed by atoms with van der Waals surface area (Å²) >= 11 is 5.82. The molecule has 0 aliphatic carbocycles. The van der Waals surface area contributed by atoms with E-state index < -0.39 is 6.09 Å². The first-order chi connectivity index (χ1) is 13.5. The fourth-order valence-corrected chi connectivity index (χ4v) is 2.63. The second-order valence-corrected chi connectivity index (χ2v) is 6.59. The fourth-order valence-electron chi connectivity index (χ4n) is 2.50. The van der Waals surface area contributed by atoms with Crippen LogP contribution >= 0.6 is 11.6 Å². The van der Waals surface area contributed by atoms with E-state index in [1.807, 2.05) is 12.1 Å². The molecule has 8 heteroatoms. The lowest BCUT2D eigenvalue weighted by molar-refractivity contribution is 0.0779. The van der Waals surface area contributed by atoms with Crippen LogP contribution in [-0.2, 0) is 17.9 Å². The maximum absolute atomic E-state index is 12.2. The molecule has 0 aliphatic rings. The normalized spacial score (nSPS) is 10.4. The predicted molar refractivity (Wildman–Crippen MR) is 106 cm³/mol. The van der Waals surface area contributed by atoms with E-state index in [-0.39, 0.29) is 12.5 Å². The van der Waals surface area contributed by atoms with Crippen LogP contribution in [0, 0.1) is 0 Å². The minimum absolute atomic E-state index is 0.148. The highest BCUT2D eigenvalue weighted by Gasteiger charge is 2.13. The van der Waals surface area contributed by atoms with Crippen LogP contribution in [0.5, 0.6) is 0 Å². The Morgan fingerprint density at radius 1 is 1.07 bits per heavy atom. The van der Waals surface area contributed by atoms with Crippen LogP contribution in [0.4, 0.5) is 10.5 Å². The number of H-pyrrole nitrogens is 1. The number of benzene rings is 2. The highest BCUT2D eigenvalue weighted by atomic mass is 35.5. The van der Waals surface area contributed by atoms with Gasteiger partial charge >= 0.3 is 6.09 Å². The predicted octanol–water partition coefficient (Wildman–Crippen LogP) is 4.08. The van der Waals surface area contributed by atoms with Crippen LogP contribution in [0.25, 0.3) is 0 Å². The van der Waals surface area contributed by atoms with Gasteiger partial charge in [0.1, 0.15) is 12.3 Å². The summed E-state index contributed by atoms with van der Waals surface area (Å²) in [6.45, 7) is 0.584. The molecule has 0 aliphatic heterocycles. The molecular formula is C20H19ClN4O3. The van der Waals surface area contributed by atoms with Crippen molar-refractivity contribution in [3.8, 4) is 0 Å². The van der Waals surface area contributed by atoms with Crippen molar-refractivity contribution in [1.82, 2.24) is 15.1 Å². The standard InChI is InChI=1S/C20H19ClN4O3/c1-25(19(26)18-10-11-22-24-18)12-14-4-8-17(9-5-14)23-20(27)28-13-15-2-6-16(21)7-3-15/h2-11H,12-13H2,1H3,(H,22,24)(H,23,27). The molecule has 1 heterocycles. The number of carbonyl (C=O) groups is 2. The average Bonchev–Trinajstić information content (AvgIpc) is 3.23. The molecule has 3 aromatic rings. The maximum atomic E-state index is 12.2. The molecule has 2 amide bonds. The number of nitrogens with one attached hydrogen (secondary N) is 2. The highest BCUT2D eigenvalue weighted by Crippen LogP contribution is 2.14. The van der Waals surface area contributed by atoms with Gasteiger partial charge in [-0.05, 0) is 41.5 Å². The Balaban J connectivity index is 1.49. The Morgan fingerprint density at radius 3 is 2.39 bits per heavy atom. The Labute approximate surface area is 167 Å². The summed E-state index contributed by atoms with van der Waals surface area (Å²) in [6.07, 6.45) is 0.988. The molecule has 7 nitrogen and oxygen atoms in total. The van der Waals surface area contributed by atoms with Crippen molar-refractivity contribution >= 4 is 29.3 Å². The summed E-state index contributed by atoms with van der Waals surface area (Å²) < 4.78 is 5.18. The first-order valence-corrected chi connectivity index (χ1v) is 8.91. The number of amides is 2. The lowest BCUT2D eigenvalue weighted by Gasteiger charge is -2.16. The molecule has 144 valence electrons. The topological polar surface area (TPSA) is 87.3 Å². The number of hydrogen-bond donors (Lipinski definition) is 2. The van der Waals surface area contributed by atoms with Gasteiger partial charge in [-0.1, -0.05) is 35.9 Å². The van der Waals surface area contributed by atoms with Crippen LogP contribution in [0.15, 0.2) is 60.8 Å². The zero-order valence-corrected chi connectivity index (χ0v) is 15.9. The summed E-state index contributed by atoms with van der Waals surface area (Å²) in [5, 5.41) is 9.73. The summed E-state index contributed by atoms with van der Waals surface area (Å²) in [5.74, 6) is -0.148. The Hall–Kier alpha value is -3.32. The largest absolute Gasteiger partial charge is 0.444 e. The van der Waals surface area contributed by atoms with Gasteiger partial charge in [0, 0.05) is 30.5 Å². The molecule has 2 aromatic carbocycles. The van der Waals surface area contributed by atoms with Gasteiger partial charge in [0.05, 0.1) is 0 Å². The monoisotopic (exact) mass is 398 g/mol. The minimum Gasteiger partial charge on any atom is -0.444 e. The van der Waals surface area contributed by atoms with E-state index in [4.69, 9.17) is 16.3 Å². The smallest absolute Gasteiger partial charge is 0.411 e. The molecular weight excluding hydrogens is 380 g/mol. The number of hydrogen-bond acceptors (Lipinski definition) is 4. The number of anilines is 1. The number of halogens is 1. The van der Waals surface area contributed by atoms with Gasteiger partial charge in [-0.3, -0.25) is 15.2 Å². The molecule has 28 heavy (non-hydrogen) atoms. The minimum atomic E-state index is -0.547. The van der Waals surface area contributed by atoms with Gasteiger partial charge in [-0.25, -0.2) is 4.79 Å². The molecule has 0 atom stereocenters. The van der Waals surface area contributed by atoms with Gasteiger partial charge in [-0.15, -0.1) is 0 Å². The molecule has 0 saturated carbocycles. The van der Waals surface area contributed by atoms with Gasteiger partial charge in [0.25, 0.3) is 5.91 Å². The summed E-state index contributed by atoms with van der Waals surface area (Å²) in [4.78, 5) is 25.7. The highest BCUT2D eigenvalue weighted by molar-refractivity contribution is 6.30. The molecule has 0 fully saturated rings. The van der Waals surface area contributed by atoms with E-state index in [0.29, 0.717) is 22.9 Å². The van der Waals surface area contributed by atoms with E-state index in [2.05, 4.69) is 15.5 Å². The average molecular weight is 399 g/mol. The van der Waals surface area contributed by atoms with E-state index in [1.165, 1.54) is 6.20 Å². The van der Waals surface area contributed by atoms with Crippen LogP contribution in [-0.4, -0.2) is 34.1 Å². The van der Waals surface area contributed by atoms with Crippen molar-refractivity contribution < 1.29 is 14.3 Å². The number of rotatable bonds is 6. The van der Waals surface area contributed by atoms with Crippen LogP contribution < -0.4 is 5.32 Å². The Morgan fingerprint density at radius 2 is 1.75 bits per heavy atom. The number of nitrogens with zero attached hydrogens (tertiary/aromatic N) is 2. The van der Waals surface area contributed by atoms with Crippen molar-refractivity contribution in [2.75, 3.05) is 12.4 Å². The second kappa shape index (κ2) is 9.05. The molecule has 0 unspecified atom stereocenters. The van der Waals surface area contributed by atoms with Crippen LogP contribution in [0.1, 0.15) is 21.6 Å². The van der Waals surface area contributed by atoms with E-state index in [0.717, 1.165) is 11.1 Å². The van der Waals surface area contributed by atoms with Crippen LogP contribution in [0.2, 0.25) is 5.02 Å². The van der Waals surface area contributed by atoms with Crippen molar-refractivity contribution in [2.45, 2.75) is 13.2 Å². The van der Waals surface area contributed by atoms with Crippen LogP contribution in [0.3, 0.4) is 0 Å². The third-order valence-corrected chi connectivity index (χ3v) is 4.23. The first kappa shape index (κ1) is 19.4. The lowest BCUT2D eigenvalue weighted by Crippen LogP contribution is -2.26. The van der Waals surface area contributed by atoms with Crippen molar-refractivity contribution in [2.24, 2.45) is 0 Å². The molecule has 2 N–H and O–H groups in total. The quantitative estimate of drug-likeness (QED) is 0.654. The zero-order valence-electron chi connectivity index (χ0n) is 15.2. The van der Waals surface area contributed by atoms with Gasteiger partial charge < -0.3 is 9.64 Å². The van der Waals surface area contributed by atoms with Gasteiger partial charge in [0.2, 0.25) is 0 Å². The summed E-state index contributed by atoms with van der Waals surface area (Å²) in [7, 11) is 1.71. The number of aromatic amines is 1. The number of carbonyl (C=O) groups excluding carboxylic acids is 2. The third kappa shape index (κ3) is 5.34. The number of aromatic nitrogens is 2. The number of ether oxygens (including phenoxy) is 1. The third-order valence-electron chi connectivity index (χ3n) is 3.98. The summed E-state index contributed by atoms with van der Waals surface area (Å²) in [5.41, 5.74) is 2.81. The Bertz CT molecular complexity index is 925. The van der Waals surface area contributed by atoms with Gasteiger partial charge in [0.15, 0.2) is 0 Å². The SMILES string of the molecule is CN(Cc1ccc(NC(=O)OCc2ccc(Cl)cc2)cc1)C(=O)c1ccn[nH]1. The molecule has 3 rings (SSSR count). The fraction of sp³-hybridized carbons (Fsp3) is 0.150. The van der Waals surface area contributed by atoms with Crippen molar-refractivity contribution in [1.29, 1.82) is 0 Å². The van der Waals surface area contributed by atoms with E-state index in [1.54, 1.807) is 54.4 Å². The zero-order chi connectivity index (χ0) is 19.9. The van der Waals surface area contributed by atoms with E-state index in [9.17, 15) is 9.59 Å². The first-order valence-electron chi connectivity index (χ1n) is 8.53. The molecule has 0 radical (unpaired) electrons. The lowest BCUT2D eigenvalue weighted by atomic mass is 10.2. The van der Waals surface area contributed by atoms with Gasteiger partial charge in [-0.2, -0.15) is 5.10 Å². The molecule has 0 bridgehead atoms. The second-order valence-electron chi connectivity index (χ2n) is 6.16. The van der Waals surface area contributed by atoms with E-state index >= 15 is 0 Å². The molecule has 0 saturated heterocycles. The summed E-state index contributed by atoms with van der Waals surface area (Å²) in [6, 6.07) is 15.9. The molecule has 1 aromatic heterocycles. The maximum Gasteiger partial charge on any atom is 0.411 e. The van der Waals surface area contributed by atoms with Crippen molar-refractivity contribution in [3.63, 3.8) is 0 Å². The molecule has 0 spiro atoms. The van der Waals surface area contributed by atoms with Crippen molar-refractivity contribution in [3.05, 3.63) is 82.6 Å².